The van der Waals surface area contributed by atoms with Gasteiger partial charge >= 0.3 is 0 Å². The Morgan fingerprint density at radius 1 is 1.47 bits per heavy atom. The third-order valence-electron chi connectivity index (χ3n) is 3.67. The maximum Gasteiger partial charge on any atom is 0.0548 e. The van der Waals surface area contributed by atoms with E-state index in [0.29, 0.717) is 11.7 Å². The quantitative estimate of drug-likeness (QED) is 0.868. The van der Waals surface area contributed by atoms with E-state index < -0.39 is 10.8 Å². The van der Waals surface area contributed by atoms with E-state index in [0.717, 1.165) is 36.6 Å². The van der Waals surface area contributed by atoms with E-state index in [1.807, 2.05) is 31.2 Å². The third kappa shape index (κ3) is 3.88. The van der Waals surface area contributed by atoms with E-state index in [9.17, 15) is 4.21 Å². The van der Waals surface area contributed by atoms with Gasteiger partial charge in [0.15, 0.2) is 0 Å². The zero-order valence-corrected chi connectivity index (χ0v) is 12.5. The number of hydrogen-bond donors (Lipinski definition) is 1. The molecule has 106 valence electrons. The maximum atomic E-state index is 12.5. The number of rotatable bonds is 6. The Balaban J connectivity index is 2.04. The molecule has 1 aromatic carbocycles. The maximum absolute atomic E-state index is 12.5. The van der Waals surface area contributed by atoms with E-state index in [-0.39, 0.29) is 6.04 Å². The van der Waals surface area contributed by atoms with Crippen molar-refractivity contribution >= 4 is 10.8 Å². The topological polar surface area (TPSA) is 38.3 Å². The molecule has 3 unspecified atom stereocenters. The summed E-state index contributed by atoms with van der Waals surface area (Å²) >= 11 is 0. The Kier molecular flexibility index (Phi) is 5.55. The molecule has 0 aliphatic carbocycles. The number of benzene rings is 1. The Hall–Kier alpha value is -0.710. The second-order valence-electron chi connectivity index (χ2n) is 5.07. The van der Waals surface area contributed by atoms with Crippen LogP contribution < -0.4 is 5.32 Å². The zero-order valence-electron chi connectivity index (χ0n) is 11.7. The summed E-state index contributed by atoms with van der Waals surface area (Å²) in [5, 5.41) is 3.47. The SMILES string of the molecule is CCNC(CS(=O)c1ccccc1C)C1CCOC1. The zero-order chi connectivity index (χ0) is 13.7. The number of hydrogen-bond acceptors (Lipinski definition) is 3. The fourth-order valence-electron chi connectivity index (χ4n) is 2.56. The summed E-state index contributed by atoms with van der Waals surface area (Å²) in [4.78, 5) is 0.962. The molecule has 1 aromatic rings. The van der Waals surface area contributed by atoms with Crippen LogP contribution >= 0.6 is 0 Å². The smallest absolute Gasteiger partial charge is 0.0548 e. The van der Waals surface area contributed by atoms with Crippen molar-refractivity contribution in [2.45, 2.75) is 31.2 Å². The predicted molar refractivity (Wildman–Crippen MR) is 78.8 cm³/mol. The average molecular weight is 281 g/mol. The lowest BCUT2D eigenvalue weighted by molar-refractivity contribution is 0.179. The van der Waals surface area contributed by atoms with Crippen molar-refractivity contribution in [1.82, 2.24) is 5.32 Å². The van der Waals surface area contributed by atoms with Crippen LogP contribution in [0.1, 0.15) is 18.9 Å². The average Bonchev–Trinajstić information content (AvgIpc) is 2.92. The molecule has 1 N–H and O–H groups in total. The van der Waals surface area contributed by atoms with Crippen molar-refractivity contribution in [2.24, 2.45) is 5.92 Å². The van der Waals surface area contributed by atoms with Crippen molar-refractivity contribution in [3.05, 3.63) is 29.8 Å². The summed E-state index contributed by atoms with van der Waals surface area (Å²) in [7, 11) is -0.941. The molecule has 0 bridgehead atoms. The minimum atomic E-state index is -0.941. The van der Waals surface area contributed by atoms with Crippen LogP contribution in [0.3, 0.4) is 0 Å². The molecule has 19 heavy (non-hydrogen) atoms. The largest absolute Gasteiger partial charge is 0.381 e. The lowest BCUT2D eigenvalue weighted by Crippen LogP contribution is -2.40. The van der Waals surface area contributed by atoms with Gasteiger partial charge in [-0.1, -0.05) is 25.1 Å². The van der Waals surface area contributed by atoms with Crippen molar-refractivity contribution in [3.8, 4) is 0 Å². The summed E-state index contributed by atoms with van der Waals surface area (Å²) < 4.78 is 18.0. The van der Waals surface area contributed by atoms with Crippen molar-refractivity contribution in [1.29, 1.82) is 0 Å². The van der Waals surface area contributed by atoms with Gasteiger partial charge in [-0.05, 0) is 31.5 Å². The molecule has 1 saturated heterocycles. The first-order chi connectivity index (χ1) is 9.22. The highest BCUT2D eigenvalue weighted by atomic mass is 32.2. The van der Waals surface area contributed by atoms with Gasteiger partial charge in [-0.3, -0.25) is 4.21 Å². The molecule has 2 rings (SSSR count). The van der Waals surface area contributed by atoms with Crippen molar-refractivity contribution in [2.75, 3.05) is 25.5 Å². The number of aryl methyl sites for hydroxylation is 1. The van der Waals surface area contributed by atoms with Crippen LogP contribution in [-0.2, 0) is 15.5 Å². The minimum Gasteiger partial charge on any atom is -0.381 e. The Morgan fingerprint density at radius 2 is 2.26 bits per heavy atom. The molecular formula is C15H23NO2S. The first-order valence-electron chi connectivity index (χ1n) is 6.97. The summed E-state index contributed by atoms with van der Waals surface area (Å²) in [6, 6.07) is 8.23. The first-order valence-corrected chi connectivity index (χ1v) is 8.29. The van der Waals surface area contributed by atoms with Crippen LogP contribution in [0.5, 0.6) is 0 Å². The Bertz CT molecular complexity index is 430. The monoisotopic (exact) mass is 281 g/mol. The number of nitrogens with one attached hydrogen (secondary N) is 1. The summed E-state index contributed by atoms with van der Waals surface area (Å²) in [6.07, 6.45) is 1.07. The van der Waals surface area contributed by atoms with E-state index in [2.05, 4.69) is 12.2 Å². The van der Waals surface area contributed by atoms with Crippen LogP contribution in [0.2, 0.25) is 0 Å². The normalized spacial score (nSPS) is 22.3. The molecule has 3 nitrogen and oxygen atoms in total. The van der Waals surface area contributed by atoms with Gasteiger partial charge in [0, 0.05) is 29.2 Å². The summed E-state index contributed by atoms with van der Waals surface area (Å²) in [6.45, 7) is 6.66. The second-order valence-corrected chi connectivity index (χ2v) is 6.53. The molecule has 0 amide bonds. The second kappa shape index (κ2) is 7.17. The van der Waals surface area contributed by atoms with Crippen LogP contribution in [0.15, 0.2) is 29.2 Å². The molecule has 1 aliphatic heterocycles. The van der Waals surface area contributed by atoms with Gasteiger partial charge < -0.3 is 10.1 Å². The lowest BCUT2D eigenvalue weighted by atomic mass is 10.0. The number of ether oxygens (including phenoxy) is 1. The summed E-state index contributed by atoms with van der Waals surface area (Å²) in [5.74, 6) is 1.17. The van der Waals surface area contributed by atoms with E-state index >= 15 is 0 Å². The highest BCUT2D eigenvalue weighted by Gasteiger charge is 2.27. The van der Waals surface area contributed by atoms with Crippen LogP contribution in [0.4, 0.5) is 0 Å². The highest BCUT2D eigenvalue weighted by Crippen LogP contribution is 2.20. The summed E-state index contributed by atoms with van der Waals surface area (Å²) in [5.41, 5.74) is 1.11. The van der Waals surface area contributed by atoms with Crippen molar-refractivity contribution in [3.63, 3.8) is 0 Å². The van der Waals surface area contributed by atoms with E-state index in [4.69, 9.17) is 4.74 Å². The third-order valence-corrected chi connectivity index (χ3v) is 5.28. The minimum absolute atomic E-state index is 0.285. The molecule has 0 spiro atoms. The van der Waals surface area contributed by atoms with Crippen LogP contribution in [0.25, 0.3) is 0 Å². The Labute approximate surface area is 118 Å². The molecule has 1 fully saturated rings. The predicted octanol–water partition coefficient (Wildman–Crippen LogP) is 2.12. The van der Waals surface area contributed by atoms with Crippen LogP contribution in [-0.4, -0.2) is 35.8 Å². The fraction of sp³-hybridized carbons (Fsp3) is 0.600. The van der Waals surface area contributed by atoms with Crippen molar-refractivity contribution < 1.29 is 8.95 Å². The van der Waals surface area contributed by atoms with Gasteiger partial charge in [0.05, 0.1) is 17.4 Å². The highest BCUT2D eigenvalue weighted by molar-refractivity contribution is 7.85. The standard InChI is InChI=1S/C15H23NO2S/c1-3-16-14(13-8-9-18-10-13)11-19(17)15-7-5-4-6-12(15)2/h4-7,13-14,16H,3,8-11H2,1-2H3. The fourth-order valence-corrected chi connectivity index (χ4v) is 4.11. The molecule has 4 heteroatoms. The van der Waals surface area contributed by atoms with Crippen LogP contribution in [0, 0.1) is 12.8 Å². The molecule has 1 aliphatic rings. The first kappa shape index (κ1) is 14.7. The molecule has 0 radical (unpaired) electrons. The van der Waals surface area contributed by atoms with E-state index in [1.165, 1.54) is 0 Å². The van der Waals surface area contributed by atoms with Gasteiger partial charge in [-0.15, -0.1) is 0 Å². The lowest BCUT2D eigenvalue weighted by Gasteiger charge is -2.23. The molecule has 1 heterocycles. The van der Waals surface area contributed by atoms with Gasteiger partial charge in [0.2, 0.25) is 0 Å². The van der Waals surface area contributed by atoms with Gasteiger partial charge in [0.25, 0.3) is 0 Å². The van der Waals surface area contributed by atoms with E-state index in [1.54, 1.807) is 0 Å². The molecular weight excluding hydrogens is 258 g/mol. The molecule has 3 atom stereocenters. The molecule has 0 aromatic heterocycles. The van der Waals surface area contributed by atoms with Gasteiger partial charge in [-0.25, -0.2) is 0 Å². The Morgan fingerprint density at radius 3 is 2.89 bits per heavy atom. The van der Waals surface area contributed by atoms with Gasteiger partial charge in [-0.2, -0.15) is 0 Å². The molecule has 0 saturated carbocycles. The van der Waals surface area contributed by atoms with Gasteiger partial charge in [0.1, 0.15) is 0 Å².